The van der Waals surface area contributed by atoms with Gasteiger partial charge in [0.25, 0.3) is 5.91 Å². The lowest BCUT2D eigenvalue weighted by Gasteiger charge is -2.07. The van der Waals surface area contributed by atoms with Crippen LogP contribution in [0.15, 0.2) is 67.3 Å². The summed E-state index contributed by atoms with van der Waals surface area (Å²) in [5.74, 6) is -0.105. The standard InChI is InChI=1S/C20H15N7O2/c21-8-15-10-24-26(13-15)17-12-25-27(20(17)29)18-7-6-16(11-22-18)19(28)23-9-14-4-2-1-3-5-14/h1-7,10-13,29H,9H2,(H,23,28). The summed E-state index contributed by atoms with van der Waals surface area (Å²) in [6.45, 7) is 0.416. The maximum atomic E-state index is 12.3. The Kier molecular flexibility index (Phi) is 4.74. The van der Waals surface area contributed by atoms with E-state index >= 15 is 0 Å². The lowest BCUT2D eigenvalue weighted by molar-refractivity contribution is 0.0950. The minimum atomic E-state index is -0.251. The highest BCUT2D eigenvalue weighted by Gasteiger charge is 2.15. The van der Waals surface area contributed by atoms with E-state index in [0.717, 1.165) is 5.56 Å². The van der Waals surface area contributed by atoms with Crippen molar-refractivity contribution in [3.8, 4) is 23.5 Å². The van der Waals surface area contributed by atoms with Crippen LogP contribution in [0.1, 0.15) is 21.5 Å². The van der Waals surface area contributed by atoms with Gasteiger partial charge in [-0.15, -0.1) is 0 Å². The maximum Gasteiger partial charge on any atom is 0.253 e. The monoisotopic (exact) mass is 385 g/mol. The number of benzene rings is 1. The van der Waals surface area contributed by atoms with Crippen molar-refractivity contribution >= 4 is 5.91 Å². The fraction of sp³-hybridized carbons (Fsp3) is 0.0500. The number of carbonyl (C=O) groups excluding carboxylic acids is 1. The fourth-order valence-electron chi connectivity index (χ4n) is 2.70. The van der Waals surface area contributed by atoms with E-state index in [1.807, 2.05) is 36.4 Å². The van der Waals surface area contributed by atoms with Gasteiger partial charge in [-0.3, -0.25) is 4.79 Å². The van der Waals surface area contributed by atoms with Gasteiger partial charge in [0.05, 0.1) is 23.5 Å². The Bertz CT molecular complexity index is 1190. The predicted octanol–water partition coefficient (Wildman–Crippen LogP) is 1.96. The summed E-state index contributed by atoms with van der Waals surface area (Å²) in [6, 6.07) is 14.7. The Hall–Kier alpha value is -4.45. The fourth-order valence-corrected chi connectivity index (χ4v) is 2.70. The third-order valence-corrected chi connectivity index (χ3v) is 4.21. The maximum absolute atomic E-state index is 12.3. The first-order chi connectivity index (χ1) is 14.2. The second-order valence-corrected chi connectivity index (χ2v) is 6.12. The van der Waals surface area contributed by atoms with Gasteiger partial charge in [-0.1, -0.05) is 30.3 Å². The van der Waals surface area contributed by atoms with Crippen LogP contribution in [0, 0.1) is 11.3 Å². The van der Waals surface area contributed by atoms with Gasteiger partial charge in [0, 0.05) is 18.9 Å². The molecule has 0 aliphatic rings. The summed E-state index contributed by atoms with van der Waals surface area (Å²) in [5, 5.41) is 30.3. The normalized spacial score (nSPS) is 10.4. The molecular weight excluding hydrogens is 370 g/mol. The molecule has 3 heterocycles. The lowest BCUT2D eigenvalue weighted by Crippen LogP contribution is -2.23. The zero-order chi connectivity index (χ0) is 20.2. The molecule has 9 nitrogen and oxygen atoms in total. The molecular formula is C20H15N7O2. The number of pyridine rings is 1. The molecule has 9 heteroatoms. The minimum Gasteiger partial charge on any atom is -0.492 e. The molecule has 0 atom stereocenters. The molecule has 1 aromatic carbocycles. The van der Waals surface area contributed by atoms with E-state index < -0.39 is 0 Å². The predicted molar refractivity (Wildman–Crippen MR) is 102 cm³/mol. The van der Waals surface area contributed by atoms with Crippen molar-refractivity contribution in [2.45, 2.75) is 6.54 Å². The number of rotatable bonds is 5. The van der Waals surface area contributed by atoms with Crippen LogP contribution >= 0.6 is 0 Å². The van der Waals surface area contributed by atoms with Crippen LogP contribution in [-0.2, 0) is 6.54 Å². The Morgan fingerprint density at radius 3 is 2.62 bits per heavy atom. The van der Waals surface area contributed by atoms with Crippen molar-refractivity contribution in [2.75, 3.05) is 0 Å². The van der Waals surface area contributed by atoms with Crippen molar-refractivity contribution < 1.29 is 9.90 Å². The quantitative estimate of drug-likeness (QED) is 0.542. The highest BCUT2D eigenvalue weighted by Crippen LogP contribution is 2.23. The minimum absolute atomic E-state index is 0.189. The molecule has 4 rings (SSSR count). The number of hydrogen-bond acceptors (Lipinski definition) is 6. The molecule has 4 aromatic rings. The van der Waals surface area contributed by atoms with Gasteiger partial charge in [0.15, 0.2) is 5.82 Å². The highest BCUT2D eigenvalue weighted by molar-refractivity contribution is 5.93. The average molecular weight is 385 g/mol. The highest BCUT2D eigenvalue weighted by atomic mass is 16.3. The Labute approximate surface area is 165 Å². The van der Waals surface area contributed by atoms with Gasteiger partial charge >= 0.3 is 0 Å². The summed E-state index contributed by atoms with van der Waals surface area (Å²) in [6.07, 6.45) is 5.69. The Morgan fingerprint density at radius 2 is 1.93 bits per heavy atom. The van der Waals surface area contributed by atoms with Crippen LogP contribution in [0.25, 0.3) is 11.5 Å². The topological polar surface area (TPSA) is 122 Å². The Balaban J connectivity index is 1.49. The van der Waals surface area contributed by atoms with Crippen molar-refractivity contribution in [2.24, 2.45) is 0 Å². The summed E-state index contributed by atoms with van der Waals surface area (Å²) < 4.78 is 2.57. The van der Waals surface area contributed by atoms with Crippen LogP contribution in [-0.4, -0.2) is 35.6 Å². The van der Waals surface area contributed by atoms with E-state index in [4.69, 9.17) is 5.26 Å². The number of aromatic hydroxyl groups is 1. The van der Waals surface area contributed by atoms with Crippen molar-refractivity contribution in [1.82, 2.24) is 29.9 Å². The van der Waals surface area contributed by atoms with Crippen LogP contribution < -0.4 is 5.32 Å². The summed E-state index contributed by atoms with van der Waals surface area (Å²) >= 11 is 0. The van der Waals surface area contributed by atoms with Gasteiger partial charge in [-0.25, -0.2) is 9.67 Å². The number of aromatic nitrogens is 5. The molecule has 0 saturated carbocycles. The van der Waals surface area contributed by atoms with Crippen LogP contribution in [0.3, 0.4) is 0 Å². The summed E-state index contributed by atoms with van der Waals surface area (Å²) in [5.41, 5.74) is 2.05. The molecule has 0 spiro atoms. The zero-order valence-corrected chi connectivity index (χ0v) is 15.1. The molecule has 2 N–H and O–H groups in total. The Morgan fingerprint density at radius 1 is 1.10 bits per heavy atom. The van der Waals surface area contributed by atoms with Gasteiger partial charge in [-0.2, -0.15) is 20.1 Å². The molecule has 142 valence electrons. The molecule has 0 aliphatic heterocycles. The number of hydrogen-bond donors (Lipinski definition) is 2. The van der Waals surface area contributed by atoms with Crippen molar-refractivity contribution in [1.29, 1.82) is 5.26 Å². The van der Waals surface area contributed by atoms with Gasteiger partial charge in [0.2, 0.25) is 5.88 Å². The first kappa shape index (κ1) is 17.9. The molecule has 0 saturated heterocycles. The van der Waals surface area contributed by atoms with E-state index in [-0.39, 0.29) is 11.8 Å². The second kappa shape index (κ2) is 7.66. The number of amides is 1. The average Bonchev–Trinajstić information content (AvgIpc) is 3.39. The second-order valence-electron chi connectivity index (χ2n) is 6.12. The van der Waals surface area contributed by atoms with Gasteiger partial charge < -0.3 is 10.4 Å². The van der Waals surface area contributed by atoms with E-state index in [1.54, 1.807) is 12.1 Å². The van der Waals surface area contributed by atoms with Crippen LogP contribution in [0.2, 0.25) is 0 Å². The lowest BCUT2D eigenvalue weighted by atomic mass is 10.2. The van der Waals surface area contributed by atoms with Crippen molar-refractivity contribution in [3.05, 3.63) is 83.9 Å². The summed E-state index contributed by atoms with van der Waals surface area (Å²) in [4.78, 5) is 16.5. The molecule has 0 aliphatic carbocycles. The summed E-state index contributed by atoms with van der Waals surface area (Å²) in [7, 11) is 0. The van der Waals surface area contributed by atoms with Crippen LogP contribution in [0.4, 0.5) is 0 Å². The molecule has 29 heavy (non-hydrogen) atoms. The molecule has 0 unspecified atom stereocenters. The zero-order valence-electron chi connectivity index (χ0n) is 15.1. The van der Waals surface area contributed by atoms with Gasteiger partial charge in [-0.05, 0) is 17.7 Å². The number of nitrogens with zero attached hydrogens (tertiary/aromatic N) is 6. The van der Waals surface area contributed by atoms with Crippen LogP contribution in [0.5, 0.6) is 5.88 Å². The van der Waals surface area contributed by atoms with E-state index in [2.05, 4.69) is 20.5 Å². The number of nitriles is 1. The largest absolute Gasteiger partial charge is 0.492 e. The molecule has 0 bridgehead atoms. The smallest absolute Gasteiger partial charge is 0.253 e. The molecule has 1 amide bonds. The van der Waals surface area contributed by atoms with E-state index in [1.165, 1.54) is 34.2 Å². The van der Waals surface area contributed by atoms with E-state index in [0.29, 0.717) is 29.2 Å². The first-order valence-corrected chi connectivity index (χ1v) is 8.66. The molecule has 3 aromatic heterocycles. The van der Waals surface area contributed by atoms with Crippen molar-refractivity contribution in [3.63, 3.8) is 0 Å². The number of nitrogens with one attached hydrogen (secondary N) is 1. The van der Waals surface area contributed by atoms with E-state index in [9.17, 15) is 9.90 Å². The molecule has 0 fully saturated rings. The molecule has 0 radical (unpaired) electrons. The number of carbonyl (C=O) groups is 1. The third kappa shape index (κ3) is 3.68. The third-order valence-electron chi connectivity index (χ3n) is 4.21. The van der Waals surface area contributed by atoms with Gasteiger partial charge in [0.1, 0.15) is 11.8 Å². The SMILES string of the molecule is N#Cc1cnn(-c2cnn(-c3ccc(C(=O)NCc4ccccc4)cn3)c2O)c1. The first-order valence-electron chi connectivity index (χ1n) is 8.66.